The average Bonchev–Trinajstić information content (AvgIpc) is 2.46. The van der Waals surface area contributed by atoms with Crippen LogP contribution in [-0.4, -0.2) is 6.29 Å². The van der Waals surface area contributed by atoms with Gasteiger partial charge in [0.2, 0.25) is 0 Å². The number of nitrogens with zero attached hydrogens (tertiary/aromatic N) is 1. The normalized spacial score (nSPS) is 10.2. The van der Waals surface area contributed by atoms with Gasteiger partial charge in [-0.2, -0.15) is 0 Å². The molecular formula is C16H11NO. The quantitative estimate of drug-likeness (QED) is 0.442. The molecule has 2 rings (SSSR count). The lowest BCUT2D eigenvalue weighted by Crippen LogP contribution is -1.78. The first kappa shape index (κ1) is 11.8. The minimum absolute atomic E-state index is 0.637. The van der Waals surface area contributed by atoms with Crippen LogP contribution < -0.4 is 0 Å². The summed E-state index contributed by atoms with van der Waals surface area (Å²) in [6, 6.07) is 14.8. The lowest BCUT2D eigenvalue weighted by Gasteiger charge is -1.97. The van der Waals surface area contributed by atoms with Crippen molar-refractivity contribution in [2.75, 3.05) is 0 Å². The number of carbonyl (C=O) groups is 1. The Hall–Kier alpha value is -2.66. The molecule has 0 bridgehead atoms. The number of para-hydroxylation sites is 1. The molecule has 2 heteroatoms. The molecule has 2 aromatic rings. The molecule has 2 aromatic carbocycles. The Morgan fingerprint density at radius 1 is 0.889 bits per heavy atom. The van der Waals surface area contributed by atoms with E-state index in [1.54, 1.807) is 18.2 Å². The van der Waals surface area contributed by atoms with Crippen molar-refractivity contribution in [2.24, 2.45) is 0 Å². The van der Waals surface area contributed by atoms with E-state index in [2.05, 4.69) is 4.85 Å². The van der Waals surface area contributed by atoms with Gasteiger partial charge in [0, 0.05) is 5.56 Å². The van der Waals surface area contributed by atoms with E-state index in [4.69, 9.17) is 6.57 Å². The van der Waals surface area contributed by atoms with Crippen LogP contribution in [0.3, 0.4) is 0 Å². The molecule has 0 radical (unpaired) electrons. The molecule has 0 aliphatic heterocycles. The van der Waals surface area contributed by atoms with E-state index < -0.39 is 0 Å². The molecule has 0 spiro atoms. The van der Waals surface area contributed by atoms with Gasteiger partial charge in [-0.3, -0.25) is 4.79 Å². The fourth-order valence-corrected chi connectivity index (χ4v) is 1.60. The smallest absolute Gasteiger partial charge is 0.194 e. The van der Waals surface area contributed by atoms with Crippen LogP contribution in [0.5, 0.6) is 0 Å². The molecule has 0 aromatic heterocycles. The van der Waals surface area contributed by atoms with Crippen molar-refractivity contribution in [2.45, 2.75) is 0 Å². The van der Waals surface area contributed by atoms with Crippen molar-refractivity contribution in [3.8, 4) is 0 Å². The second kappa shape index (κ2) is 5.60. The van der Waals surface area contributed by atoms with Crippen molar-refractivity contribution < 1.29 is 4.79 Å². The molecule has 0 fully saturated rings. The topological polar surface area (TPSA) is 21.4 Å². The zero-order valence-electron chi connectivity index (χ0n) is 9.71. The molecule has 0 saturated heterocycles. The zero-order chi connectivity index (χ0) is 12.8. The van der Waals surface area contributed by atoms with Gasteiger partial charge in [0.05, 0.1) is 6.57 Å². The summed E-state index contributed by atoms with van der Waals surface area (Å²) in [7, 11) is 0. The van der Waals surface area contributed by atoms with E-state index in [1.807, 2.05) is 42.5 Å². The van der Waals surface area contributed by atoms with Crippen LogP contribution in [0.15, 0.2) is 48.5 Å². The van der Waals surface area contributed by atoms with Gasteiger partial charge in [-0.25, -0.2) is 4.85 Å². The van der Waals surface area contributed by atoms with Gasteiger partial charge < -0.3 is 0 Å². The Morgan fingerprint density at radius 2 is 1.56 bits per heavy atom. The van der Waals surface area contributed by atoms with E-state index in [-0.39, 0.29) is 0 Å². The van der Waals surface area contributed by atoms with Crippen LogP contribution in [0.1, 0.15) is 21.5 Å². The van der Waals surface area contributed by atoms with Gasteiger partial charge >= 0.3 is 0 Å². The predicted octanol–water partition coefficient (Wildman–Crippen LogP) is 4.22. The van der Waals surface area contributed by atoms with Crippen molar-refractivity contribution in [1.29, 1.82) is 0 Å². The Kier molecular flexibility index (Phi) is 3.68. The maximum atomic E-state index is 10.5. The lowest BCUT2D eigenvalue weighted by molar-refractivity contribution is 0.112. The van der Waals surface area contributed by atoms with Gasteiger partial charge in [-0.1, -0.05) is 60.7 Å². The minimum Gasteiger partial charge on any atom is -0.298 e. The monoisotopic (exact) mass is 233 g/mol. The van der Waals surface area contributed by atoms with E-state index >= 15 is 0 Å². The van der Waals surface area contributed by atoms with Crippen molar-refractivity contribution in [3.05, 3.63) is 76.6 Å². The van der Waals surface area contributed by atoms with E-state index in [0.717, 1.165) is 17.4 Å². The minimum atomic E-state index is 0.637. The van der Waals surface area contributed by atoms with Gasteiger partial charge in [0.1, 0.15) is 6.29 Å². The third-order valence-electron chi connectivity index (χ3n) is 2.59. The van der Waals surface area contributed by atoms with E-state index in [1.165, 1.54) is 0 Å². The highest BCUT2D eigenvalue weighted by molar-refractivity contribution is 5.79. The number of hydrogen-bond donors (Lipinski definition) is 0. The molecule has 2 nitrogen and oxygen atoms in total. The number of hydrogen-bond acceptors (Lipinski definition) is 1. The molecule has 0 unspecified atom stereocenters. The Labute approximate surface area is 106 Å². The van der Waals surface area contributed by atoms with Crippen molar-refractivity contribution in [3.63, 3.8) is 0 Å². The van der Waals surface area contributed by atoms with E-state index in [9.17, 15) is 4.79 Å². The summed E-state index contributed by atoms with van der Waals surface area (Å²) in [5.41, 5.74) is 3.19. The van der Waals surface area contributed by atoms with Crippen LogP contribution in [-0.2, 0) is 0 Å². The molecule has 0 saturated carbocycles. The molecule has 86 valence electrons. The predicted molar refractivity (Wildman–Crippen MR) is 73.5 cm³/mol. The maximum absolute atomic E-state index is 10.5. The SMILES string of the molecule is [C-]#[N+]c1ccccc1/C=C/c1ccc(C=O)cc1. The summed E-state index contributed by atoms with van der Waals surface area (Å²) in [5, 5.41) is 0. The number of carbonyl (C=O) groups excluding carboxylic acids is 1. The molecule has 0 atom stereocenters. The van der Waals surface area contributed by atoms with Crippen molar-refractivity contribution in [1.82, 2.24) is 0 Å². The maximum Gasteiger partial charge on any atom is 0.194 e. The second-order valence-electron chi connectivity index (χ2n) is 3.79. The van der Waals surface area contributed by atoms with Crippen LogP contribution in [0, 0.1) is 6.57 Å². The molecule has 0 N–H and O–H groups in total. The molecule has 0 heterocycles. The summed E-state index contributed by atoms with van der Waals surface area (Å²) in [6.45, 7) is 7.07. The zero-order valence-corrected chi connectivity index (χ0v) is 9.71. The number of rotatable bonds is 3. The fourth-order valence-electron chi connectivity index (χ4n) is 1.60. The summed E-state index contributed by atoms with van der Waals surface area (Å²) in [6.07, 6.45) is 4.66. The van der Waals surface area contributed by atoms with Gasteiger partial charge in [0.25, 0.3) is 0 Å². The fraction of sp³-hybridized carbons (Fsp3) is 0. The first-order chi connectivity index (χ1) is 8.83. The lowest BCUT2D eigenvalue weighted by atomic mass is 10.1. The standard InChI is InChI=1S/C16H11NO/c1-17-16-5-3-2-4-15(16)11-10-13-6-8-14(12-18)9-7-13/h2-12H/b11-10+. The highest BCUT2D eigenvalue weighted by atomic mass is 16.1. The van der Waals surface area contributed by atoms with Crippen LogP contribution in [0.25, 0.3) is 17.0 Å². The van der Waals surface area contributed by atoms with E-state index in [0.29, 0.717) is 11.3 Å². The number of benzene rings is 2. The third-order valence-corrected chi connectivity index (χ3v) is 2.59. The first-order valence-electron chi connectivity index (χ1n) is 5.53. The molecule has 18 heavy (non-hydrogen) atoms. The average molecular weight is 233 g/mol. The van der Waals surface area contributed by atoms with Gasteiger partial charge in [-0.15, -0.1) is 0 Å². The highest BCUT2D eigenvalue weighted by Gasteiger charge is 1.96. The molecular weight excluding hydrogens is 222 g/mol. The molecule has 0 aliphatic rings. The molecule has 0 amide bonds. The van der Waals surface area contributed by atoms with Gasteiger partial charge in [0.15, 0.2) is 5.69 Å². The third kappa shape index (κ3) is 2.72. The van der Waals surface area contributed by atoms with Crippen LogP contribution in [0.2, 0.25) is 0 Å². The second-order valence-corrected chi connectivity index (χ2v) is 3.79. The Bertz CT molecular complexity index is 618. The summed E-state index contributed by atoms with van der Waals surface area (Å²) in [5.74, 6) is 0. The van der Waals surface area contributed by atoms with Gasteiger partial charge in [-0.05, 0) is 11.1 Å². The number of aldehydes is 1. The van der Waals surface area contributed by atoms with Crippen LogP contribution >= 0.6 is 0 Å². The van der Waals surface area contributed by atoms with Crippen LogP contribution in [0.4, 0.5) is 5.69 Å². The first-order valence-corrected chi connectivity index (χ1v) is 5.53. The largest absolute Gasteiger partial charge is 0.298 e. The summed E-state index contributed by atoms with van der Waals surface area (Å²) < 4.78 is 0. The van der Waals surface area contributed by atoms with Crippen molar-refractivity contribution >= 4 is 24.1 Å². The highest BCUT2D eigenvalue weighted by Crippen LogP contribution is 2.20. The molecule has 0 aliphatic carbocycles. The Balaban J connectivity index is 2.24. The summed E-state index contributed by atoms with van der Waals surface area (Å²) in [4.78, 5) is 14.0. The Morgan fingerprint density at radius 3 is 2.22 bits per heavy atom. The summed E-state index contributed by atoms with van der Waals surface area (Å²) >= 11 is 0.